The van der Waals surface area contributed by atoms with Crippen LogP contribution in [0.3, 0.4) is 0 Å². The highest BCUT2D eigenvalue weighted by Gasteiger charge is 2.43. The zero-order chi connectivity index (χ0) is 23.7. The molecular weight excluding hydrogens is 449 g/mol. The molecule has 2 aromatic rings. The van der Waals surface area contributed by atoms with Gasteiger partial charge in [0.2, 0.25) is 5.91 Å². The number of para-hydroxylation sites is 1. The number of carbonyl (C=O) groups is 2. The van der Waals surface area contributed by atoms with Gasteiger partial charge in [-0.05, 0) is 43.5 Å². The number of anilines is 1. The molecule has 1 saturated carbocycles. The summed E-state index contributed by atoms with van der Waals surface area (Å²) < 4.78 is 14.1. The molecule has 34 heavy (non-hydrogen) atoms. The lowest BCUT2D eigenvalue weighted by Gasteiger charge is -2.45. The minimum atomic E-state index is -0.324. The van der Waals surface area contributed by atoms with E-state index >= 15 is 0 Å². The molecule has 5 rings (SSSR count). The third-order valence-electron chi connectivity index (χ3n) is 7.32. The highest BCUT2D eigenvalue weighted by atomic mass is 32.2. The van der Waals surface area contributed by atoms with Gasteiger partial charge in [0.25, 0.3) is 5.91 Å². The van der Waals surface area contributed by atoms with Crippen molar-refractivity contribution >= 4 is 35.3 Å². The Kier molecular flexibility index (Phi) is 6.63. The Morgan fingerprint density at radius 1 is 1.00 bits per heavy atom. The van der Waals surface area contributed by atoms with Crippen LogP contribution in [0.25, 0.3) is 6.08 Å². The summed E-state index contributed by atoms with van der Waals surface area (Å²) in [4.78, 5) is 33.1. The Bertz CT molecular complexity index is 1080. The number of amides is 2. The average Bonchev–Trinajstić information content (AvgIpc) is 2.88. The summed E-state index contributed by atoms with van der Waals surface area (Å²) in [5, 5.41) is 0.236. The molecule has 3 fully saturated rings. The number of hydrogen-bond acceptors (Lipinski definition) is 4. The zero-order valence-corrected chi connectivity index (χ0v) is 20.2. The Hall–Kier alpha value is -2.80. The first kappa shape index (κ1) is 23.0. The molecule has 178 valence electrons. The second-order valence-corrected chi connectivity index (χ2v) is 10.6. The Labute approximate surface area is 204 Å². The number of hydrogen-bond donors (Lipinski definition) is 0. The number of nitrogens with zero attached hydrogens (tertiary/aromatic N) is 3. The quantitative estimate of drug-likeness (QED) is 0.617. The summed E-state index contributed by atoms with van der Waals surface area (Å²) in [6.07, 6.45) is 4.08. The topological polar surface area (TPSA) is 43.9 Å². The molecule has 3 aliphatic rings. The predicted molar refractivity (Wildman–Crippen MR) is 135 cm³/mol. The predicted octanol–water partition coefficient (Wildman–Crippen LogP) is 4.26. The van der Waals surface area contributed by atoms with Gasteiger partial charge < -0.3 is 14.7 Å². The highest BCUT2D eigenvalue weighted by Crippen LogP contribution is 2.43. The molecule has 2 aromatic carbocycles. The minimum Gasteiger partial charge on any atom is -0.368 e. The number of benzene rings is 2. The lowest BCUT2D eigenvalue weighted by Crippen LogP contribution is -2.55. The molecule has 1 aliphatic carbocycles. The fourth-order valence-electron chi connectivity index (χ4n) is 5.34. The van der Waals surface area contributed by atoms with Crippen molar-refractivity contribution in [3.8, 4) is 0 Å². The van der Waals surface area contributed by atoms with Crippen LogP contribution in [0.5, 0.6) is 0 Å². The molecule has 0 radical (unpaired) electrons. The maximum Gasteiger partial charge on any atom is 0.260 e. The molecule has 0 aromatic heterocycles. The van der Waals surface area contributed by atoms with Gasteiger partial charge in [-0.25, -0.2) is 4.39 Å². The maximum atomic E-state index is 14.1. The van der Waals surface area contributed by atoms with Crippen molar-refractivity contribution < 1.29 is 14.0 Å². The van der Waals surface area contributed by atoms with Crippen LogP contribution in [0, 0.1) is 11.7 Å². The van der Waals surface area contributed by atoms with Crippen LogP contribution in [0.4, 0.5) is 10.1 Å². The molecule has 2 saturated heterocycles. The van der Waals surface area contributed by atoms with Gasteiger partial charge in [0.15, 0.2) is 0 Å². The van der Waals surface area contributed by atoms with Crippen LogP contribution in [-0.2, 0) is 9.59 Å². The van der Waals surface area contributed by atoms with E-state index in [2.05, 4.69) is 17.0 Å². The molecule has 0 bridgehead atoms. The number of likely N-dealkylation sites (N-methyl/N-ethyl adjacent to an activating group) is 1. The number of rotatable bonds is 3. The fourth-order valence-corrected chi connectivity index (χ4v) is 6.81. The van der Waals surface area contributed by atoms with Crippen LogP contribution in [0.15, 0.2) is 59.5 Å². The van der Waals surface area contributed by atoms with Crippen molar-refractivity contribution in [2.24, 2.45) is 5.92 Å². The van der Waals surface area contributed by atoms with Crippen molar-refractivity contribution in [1.82, 2.24) is 9.80 Å². The first-order valence-electron chi connectivity index (χ1n) is 12.0. The molecule has 2 aliphatic heterocycles. The zero-order valence-electron chi connectivity index (χ0n) is 19.4. The number of fused-ring (bicyclic) bond motifs is 1. The summed E-state index contributed by atoms with van der Waals surface area (Å²) in [6, 6.07) is 16.9. The van der Waals surface area contributed by atoms with Crippen molar-refractivity contribution in [2.75, 3.05) is 38.1 Å². The van der Waals surface area contributed by atoms with Crippen molar-refractivity contribution in [3.05, 3.63) is 70.9 Å². The van der Waals surface area contributed by atoms with E-state index in [-0.39, 0.29) is 34.8 Å². The Morgan fingerprint density at radius 3 is 2.44 bits per heavy atom. The highest BCUT2D eigenvalue weighted by molar-refractivity contribution is 8.04. The van der Waals surface area contributed by atoms with Gasteiger partial charge in [-0.2, -0.15) is 0 Å². The second-order valence-electron chi connectivity index (χ2n) is 9.33. The van der Waals surface area contributed by atoms with Crippen molar-refractivity contribution in [2.45, 2.75) is 30.6 Å². The van der Waals surface area contributed by atoms with E-state index in [9.17, 15) is 14.0 Å². The number of piperazine rings is 1. The minimum absolute atomic E-state index is 0.0311. The summed E-state index contributed by atoms with van der Waals surface area (Å²) in [6.45, 7) is 3.15. The van der Waals surface area contributed by atoms with Crippen molar-refractivity contribution in [1.29, 1.82) is 0 Å². The first-order valence-corrected chi connectivity index (χ1v) is 12.9. The maximum absolute atomic E-state index is 14.1. The van der Waals surface area contributed by atoms with Gasteiger partial charge in [0.1, 0.15) is 5.82 Å². The SMILES string of the molecule is CN1C(=O)/C(=C/c2ccccc2F)SC2CCC(C(=O)N3CCN(c4ccccc4)CC3)CC21. The van der Waals surface area contributed by atoms with E-state index in [4.69, 9.17) is 0 Å². The first-order chi connectivity index (χ1) is 16.5. The van der Waals surface area contributed by atoms with Gasteiger partial charge in [0, 0.05) is 61.7 Å². The number of carbonyl (C=O) groups excluding carboxylic acids is 2. The van der Waals surface area contributed by atoms with Crippen LogP contribution in [0.1, 0.15) is 24.8 Å². The van der Waals surface area contributed by atoms with E-state index in [0.717, 1.165) is 39.0 Å². The Morgan fingerprint density at radius 2 is 1.71 bits per heavy atom. The largest absolute Gasteiger partial charge is 0.368 e. The third-order valence-corrected chi connectivity index (χ3v) is 8.71. The molecule has 2 heterocycles. The molecule has 0 N–H and O–H groups in total. The van der Waals surface area contributed by atoms with E-state index in [1.807, 2.05) is 30.1 Å². The van der Waals surface area contributed by atoms with Gasteiger partial charge in [-0.3, -0.25) is 9.59 Å². The Balaban J connectivity index is 1.21. The summed E-state index contributed by atoms with van der Waals surface area (Å²) in [5.74, 6) is -0.226. The van der Waals surface area contributed by atoms with Crippen LogP contribution in [0.2, 0.25) is 0 Å². The number of thioether (sulfide) groups is 1. The molecule has 0 spiro atoms. The molecule has 7 heteroatoms. The van der Waals surface area contributed by atoms with Gasteiger partial charge in [-0.15, -0.1) is 11.8 Å². The van der Waals surface area contributed by atoms with Gasteiger partial charge in [-0.1, -0.05) is 36.4 Å². The smallest absolute Gasteiger partial charge is 0.260 e. The second kappa shape index (κ2) is 9.82. The van der Waals surface area contributed by atoms with Crippen LogP contribution in [-0.4, -0.2) is 66.1 Å². The van der Waals surface area contributed by atoms with Gasteiger partial charge in [0.05, 0.1) is 4.91 Å². The molecule has 3 unspecified atom stereocenters. The van der Waals surface area contributed by atoms with Gasteiger partial charge >= 0.3 is 0 Å². The number of halogens is 1. The standard InChI is InChI=1S/C27H30FN3O2S/c1-29-23-17-20(26(32)31-15-13-30(14-16-31)21-8-3-2-4-9-21)11-12-24(23)34-25(27(29)33)18-19-7-5-6-10-22(19)28/h2-10,18,20,23-24H,11-17H2,1H3/b25-18-. The monoisotopic (exact) mass is 479 g/mol. The van der Waals surface area contributed by atoms with E-state index in [1.165, 1.54) is 11.8 Å². The molecule has 2 amide bonds. The summed E-state index contributed by atoms with van der Waals surface area (Å²) in [7, 11) is 1.82. The van der Waals surface area contributed by atoms with E-state index in [0.29, 0.717) is 16.9 Å². The molecule has 3 atom stereocenters. The lowest BCUT2D eigenvalue weighted by atomic mass is 9.83. The van der Waals surface area contributed by atoms with Crippen LogP contribution < -0.4 is 4.90 Å². The molecular formula is C27H30FN3O2S. The fraction of sp³-hybridized carbons (Fsp3) is 0.407. The van der Waals surface area contributed by atoms with E-state index in [1.54, 1.807) is 40.9 Å². The van der Waals surface area contributed by atoms with E-state index < -0.39 is 0 Å². The summed E-state index contributed by atoms with van der Waals surface area (Å²) >= 11 is 1.55. The van der Waals surface area contributed by atoms with Crippen molar-refractivity contribution in [3.63, 3.8) is 0 Å². The normalized spacial score (nSPS) is 26.5. The average molecular weight is 480 g/mol. The molecule has 5 nitrogen and oxygen atoms in total. The third kappa shape index (κ3) is 4.58. The lowest BCUT2D eigenvalue weighted by molar-refractivity contribution is -0.139. The van der Waals surface area contributed by atoms with Crippen LogP contribution >= 0.6 is 11.8 Å². The summed E-state index contributed by atoms with van der Waals surface area (Å²) in [5.41, 5.74) is 1.64.